The number of halogens is 1. The standard InChI is InChI=1S/C13H19ClN2O2S/c1-11(9-14)10-19(17,18)16-8-2-3-13(16)12-4-6-15-7-5-12/h4-7,11,13H,2-3,8-10H2,1H3. The first-order chi connectivity index (χ1) is 9.04. The Morgan fingerprint density at radius 3 is 2.79 bits per heavy atom. The molecule has 2 heterocycles. The van der Waals surface area contributed by atoms with Crippen LogP contribution < -0.4 is 0 Å². The zero-order valence-electron chi connectivity index (χ0n) is 11.0. The van der Waals surface area contributed by atoms with Crippen molar-refractivity contribution >= 4 is 21.6 Å². The Labute approximate surface area is 119 Å². The van der Waals surface area contributed by atoms with E-state index in [2.05, 4.69) is 4.98 Å². The minimum atomic E-state index is -3.24. The molecule has 2 atom stereocenters. The Kier molecular flexibility index (Phi) is 4.81. The van der Waals surface area contributed by atoms with Gasteiger partial charge in [0.25, 0.3) is 0 Å². The molecular weight excluding hydrogens is 284 g/mol. The van der Waals surface area contributed by atoms with Gasteiger partial charge in [0, 0.05) is 30.9 Å². The quantitative estimate of drug-likeness (QED) is 0.785. The van der Waals surface area contributed by atoms with E-state index in [9.17, 15) is 8.42 Å². The van der Waals surface area contributed by atoms with Crippen molar-refractivity contribution < 1.29 is 8.42 Å². The Morgan fingerprint density at radius 1 is 1.47 bits per heavy atom. The van der Waals surface area contributed by atoms with E-state index >= 15 is 0 Å². The van der Waals surface area contributed by atoms with Crippen LogP contribution >= 0.6 is 11.6 Å². The SMILES string of the molecule is CC(CCl)CS(=O)(=O)N1CCCC1c1ccncc1. The number of hydrogen-bond donors (Lipinski definition) is 0. The van der Waals surface area contributed by atoms with Gasteiger partial charge in [-0.1, -0.05) is 6.92 Å². The van der Waals surface area contributed by atoms with Crippen LogP contribution in [-0.4, -0.2) is 35.9 Å². The smallest absolute Gasteiger partial charge is 0.214 e. The number of alkyl halides is 1. The van der Waals surface area contributed by atoms with Gasteiger partial charge in [-0.15, -0.1) is 11.6 Å². The van der Waals surface area contributed by atoms with Crippen LogP contribution in [0, 0.1) is 5.92 Å². The molecule has 0 bridgehead atoms. The summed E-state index contributed by atoms with van der Waals surface area (Å²) in [7, 11) is -3.24. The van der Waals surface area contributed by atoms with Gasteiger partial charge in [-0.05, 0) is 36.5 Å². The molecule has 2 unspecified atom stereocenters. The fraction of sp³-hybridized carbons (Fsp3) is 0.615. The first-order valence-corrected chi connectivity index (χ1v) is 8.64. The van der Waals surface area contributed by atoms with Gasteiger partial charge >= 0.3 is 0 Å². The summed E-state index contributed by atoms with van der Waals surface area (Å²) < 4.78 is 26.5. The molecular formula is C13H19ClN2O2S. The van der Waals surface area contributed by atoms with Crippen molar-refractivity contribution in [2.45, 2.75) is 25.8 Å². The Balaban J connectivity index is 2.19. The zero-order valence-corrected chi connectivity index (χ0v) is 12.6. The molecule has 0 amide bonds. The fourth-order valence-electron chi connectivity index (χ4n) is 2.49. The summed E-state index contributed by atoms with van der Waals surface area (Å²) in [6.07, 6.45) is 5.19. The predicted molar refractivity (Wildman–Crippen MR) is 76.6 cm³/mol. The van der Waals surface area contributed by atoms with E-state index in [0.717, 1.165) is 18.4 Å². The highest BCUT2D eigenvalue weighted by atomic mass is 35.5. The van der Waals surface area contributed by atoms with Crippen LogP contribution in [0.5, 0.6) is 0 Å². The number of hydrogen-bond acceptors (Lipinski definition) is 3. The maximum Gasteiger partial charge on any atom is 0.214 e. The first kappa shape index (κ1) is 14.8. The number of nitrogens with zero attached hydrogens (tertiary/aromatic N) is 2. The maximum atomic E-state index is 12.4. The third kappa shape index (κ3) is 3.46. The number of aromatic nitrogens is 1. The van der Waals surface area contributed by atoms with E-state index in [1.165, 1.54) is 0 Å². The molecule has 1 saturated heterocycles. The third-order valence-corrected chi connectivity index (χ3v) is 6.08. The van der Waals surface area contributed by atoms with Crippen LogP contribution in [-0.2, 0) is 10.0 Å². The van der Waals surface area contributed by atoms with E-state index in [1.54, 1.807) is 16.7 Å². The van der Waals surface area contributed by atoms with E-state index in [0.29, 0.717) is 12.4 Å². The van der Waals surface area contributed by atoms with E-state index in [1.807, 2.05) is 19.1 Å². The van der Waals surface area contributed by atoms with E-state index in [-0.39, 0.29) is 17.7 Å². The summed E-state index contributed by atoms with van der Waals surface area (Å²) in [4.78, 5) is 3.98. The average Bonchev–Trinajstić information content (AvgIpc) is 2.89. The van der Waals surface area contributed by atoms with Crippen molar-refractivity contribution in [3.8, 4) is 0 Å². The highest BCUT2D eigenvalue weighted by molar-refractivity contribution is 7.89. The molecule has 106 valence electrons. The van der Waals surface area contributed by atoms with Gasteiger partial charge in [0.05, 0.1) is 5.75 Å². The number of sulfonamides is 1. The van der Waals surface area contributed by atoms with Crippen molar-refractivity contribution in [3.05, 3.63) is 30.1 Å². The average molecular weight is 303 g/mol. The van der Waals surface area contributed by atoms with Crippen LogP contribution in [0.1, 0.15) is 31.4 Å². The van der Waals surface area contributed by atoms with E-state index < -0.39 is 10.0 Å². The van der Waals surface area contributed by atoms with Crippen LogP contribution in [0.3, 0.4) is 0 Å². The minimum absolute atomic E-state index is 0.0228. The van der Waals surface area contributed by atoms with Gasteiger partial charge in [-0.25, -0.2) is 8.42 Å². The summed E-state index contributed by atoms with van der Waals surface area (Å²) >= 11 is 5.73. The van der Waals surface area contributed by atoms with Crippen molar-refractivity contribution in [1.82, 2.24) is 9.29 Å². The molecule has 1 aliphatic rings. The number of pyridine rings is 1. The van der Waals surface area contributed by atoms with Crippen molar-refractivity contribution in [3.63, 3.8) is 0 Å². The third-order valence-electron chi connectivity index (χ3n) is 3.41. The lowest BCUT2D eigenvalue weighted by Crippen LogP contribution is -2.34. The number of rotatable bonds is 5. The summed E-state index contributed by atoms with van der Waals surface area (Å²) in [5.74, 6) is 0.468. The second kappa shape index (κ2) is 6.20. The minimum Gasteiger partial charge on any atom is -0.265 e. The molecule has 19 heavy (non-hydrogen) atoms. The zero-order chi connectivity index (χ0) is 13.9. The lowest BCUT2D eigenvalue weighted by Gasteiger charge is -2.25. The normalized spacial score (nSPS) is 22.5. The molecule has 1 fully saturated rings. The molecule has 4 nitrogen and oxygen atoms in total. The topological polar surface area (TPSA) is 50.3 Å². The Bertz CT molecular complexity index is 507. The van der Waals surface area contributed by atoms with Crippen LogP contribution in [0.4, 0.5) is 0 Å². The second-order valence-electron chi connectivity index (χ2n) is 5.09. The first-order valence-electron chi connectivity index (χ1n) is 6.50. The molecule has 0 N–H and O–H groups in total. The summed E-state index contributed by atoms with van der Waals surface area (Å²) in [6.45, 7) is 2.46. The monoisotopic (exact) mass is 302 g/mol. The van der Waals surface area contributed by atoms with Crippen LogP contribution in [0.15, 0.2) is 24.5 Å². The maximum absolute atomic E-state index is 12.4. The van der Waals surface area contributed by atoms with Gasteiger partial charge in [-0.2, -0.15) is 4.31 Å². The Morgan fingerprint density at radius 2 is 2.16 bits per heavy atom. The largest absolute Gasteiger partial charge is 0.265 e. The molecule has 1 aromatic heterocycles. The molecule has 0 radical (unpaired) electrons. The predicted octanol–water partition coefficient (Wildman–Crippen LogP) is 2.42. The van der Waals surface area contributed by atoms with Crippen LogP contribution in [0.25, 0.3) is 0 Å². The summed E-state index contributed by atoms with van der Waals surface area (Å²) in [5, 5.41) is 0. The van der Waals surface area contributed by atoms with Gasteiger partial charge in [0.2, 0.25) is 10.0 Å². The molecule has 6 heteroatoms. The van der Waals surface area contributed by atoms with Crippen LogP contribution in [0.2, 0.25) is 0 Å². The van der Waals surface area contributed by atoms with E-state index in [4.69, 9.17) is 11.6 Å². The Hall–Kier alpha value is -0.650. The second-order valence-corrected chi connectivity index (χ2v) is 7.36. The van der Waals surface area contributed by atoms with Gasteiger partial charge < -0.3 is 0 Å². The molecule has 0 aliphatic carbocycles. The summed E-state index contributed by atoms with van der Waals surface area (Å²) in [5.41, 5.74) is 1.02. The lowest BCUT2D eigenvalue weighted by molar-refractivity contribution is 0.393. The molecule has 1 aromatic rings. The molecule has 1 aliphatic heterocycles. The lowest BCUT2D eigenvalue weighted by atomic mass is 10.1. The van der Waals surface area contributed by atoms with Crippen molar-refractivity contribution in [2.24, 2.45) is 5.92 Å². The molecule has 0 aromatic carbocycles. The van der Waals surface area contributed by atoms with Gasteiger partial charge in [0.1, 0.15) is 0 Å². The van der Waals surface area contributed by atoms with Gasteiger partial charge in [-0.3, -0.25) is 4.98 Å². The fourth-order valence-corrected chi connectivity index (χ4v) is 4.78. The molecule has 0 spiro atoms. The highest BCUT2D eigenvalue weighted by Crippen LogP contribution is 2.34. The van der Waals surface area contributed by atoms with Crippen molar-refractivity contribution in [2.75, 3.05) is 18.2 Å². The van der Waals surface area contributed by atoms with Crippen molar-refractivity contribution in [1.29, 1.82) is 0 Å². The highest BCUT2D eigenvalue weighted by Gasteiger charge is 2.35. The molecule has 2 rings (SSSR count). The summed E-state index contributed by atoms with van der Waals surface area (Å²) in [6, 6.07) is 3.74. The van der Waals surface area contributed by atoms with Gasteiger partial charge in [0.15, 0.2) is 0 Å². The molecule has 0 saturated carbocycles.